The van der Waals surface area contributed by atoms with Crippen LogP contribution >= 0.6 is 0 Å². The van der Waals surface area contributed by atoms with Crippen LogP contribution in [0.1, 0.15) is 69.0 Å². The number of fused-ring (bicyclic) bond motifs is 3. The Labute approximate surface area is 187 Å². The summed E-state index contributed by atoms with van der Waals surface area (Å²) in [6.07, 6.45) is 4.17. The van der Waals surface area contributed by atoms with Gasteiger partial charge in [0, 0.05) is 25.9 Å². The van der Waals surface area contributed by atoms with E-state index in [1.54, 1.807) is 21.1 Å². The lowest BCUT2D eigenvalue weighted by Gasteiger charge is -2.45. The van der Waals surface area contributed by atoms with Crippen LogP contribution in [0.15, 0.2) is 16.5 Å². The second kappa shape index (κ2) is 7.96. The van der Waals surface area contributed by atoms with Gasteiger partial charge in [-0.1, -0.05) is 0 Å². The van der Waals surface area contributed by atoms with Crippen LogP contribution in [0.25, 0.3) is 0 Å². The fraction of sp³-hybridized carbons (Fsp3) is 0.520. The molecule has 7 nitrogen and oxygen atoms in total. The van der Waals surface area contributed by atoms with Gasteiger partial charge in [0.05, 0.1) is 37.6 Å². The van der Waals surface area contributed by atoms with Crippen molar-refractivity contribution in [1.29, 1.82) is 0 Å². The quantitative estimate of drug-likeness (QED) is 0.723. The number of rotatable bonds is 3. The monoisotopic (exact) mass is 439 g/mol. The molecule has 0 radical (unpaired) electrons. The van der Waals surface area contributed by atoms with Gasteiger partial charge in [0.2, 0.25) is 0 Å². The highest BCUT2D eigenvalue weighted by molar-refractivity contribution is 6.10. The van der Waals surface area contributed by atoms with Crippen LogP contribution in [0.3, 0.4) is 0 Å². The molecule has 170 valence electrons. The van der Waals surface area contributed by atoms with Crippen LogP contribution in [-0.2, 0) is 23.2 Å². The Morgan fingerprint density at radius 3 is 2.50 bits per heavy atom. The summed E-state index contributed by atoms with van der Waals surface area (Å²) < 4.78 is 23.2. The van der Waals surface area contributed by atoms with E-state index in [0.717, 1.165) is 24.2 Å². The number of methoxy groups -OCH3 is 2. The van der Waals surface area contributed by atoms with Crippen molar-refractivity contribution in [2.75, 3.05) is 33.9 Å². The molecular weight excluding hydrogens is 410 g/mol. The molecule has 32 heavy (non-hydrogen) atoms. The van der Waals surface area contributed by atoms with Gasteiger partial charge in [0.1, 0.15) is 11.5 Å². The first-order valence-corrected chi connectivity index (χ1v) is 11.3. The molecule has 3 aliphatic rings. The van der Waals surface area contributed by atoms with Crippen LogP contribution in [0.2, 0.25) is 0 Å². The van der Waals surface area contributed by atoms with Gasteiger partial charge in [-0.2, -0.15) is 0 Å². The molecular formula is C25H29NO6. The molecule has 0 saturated carbocycles. The van der Waals surface area contributed by atoms with Crippen LogP contribution in [0.4, 0.5) is 0 Å². The molecule has 3 heterocycles. The van der Waals surface area contributed by atoms with Crippen LogP contribution in [0.5, 0.6) is 11.5 Å². The molecule has 0 unspecified atom stereocenters. The molecule has 0 bridgehead atoms. The Hall–Kier alpha value is -2.80. The molecule has 2 aromatic rings. The van der Waals surface area contributed by atoms with E-state index in [4.69, 9.17) is 18.6 Å². The number of amides is 1. The number of piperidine rings is 1. The second-order valence-electron chi connectivity index (χ2n) is 8.86. The average Bonchev–Trinajstić information content (AvgIpc) is 3.15. The smallest absolute Gasteiger partial charge is 0.258 e. The number of carbonyl (C=O) groups excluding carboxylic acids is 2. The molecule has 0 atom stereocenters. The van der Waals surface area contributed by atoms with Crippen molar-refractivity contribution in [3.8, 4) is 11.5 Å². The van der Waals surface area contributed by atoms with Gasteiger partial charge in [0.25, 0.3) is 5.91 Å². The van der Waals surface area contributed by atoms with Crippen molar-refractivity contribution in [3.63, 3.8) is 0 Å². The van der Waals surface area contributed by atoms with E-state index < -0.39 is 5.60 Å². The normalized spacial score (nSPS) is 19.5. The third kappa shape index (κ3) is 3.22. The first-order chi connectivity index (χ1) is 15.5. The number of ketones is 1. The van der Waals surface area contributed by atoms with Gasteiger partial charge in [-0.25, -0.2) is 0 Å². The van der Waals surface area contributed by atoms with E-state index in [1.807, 2.05) is 17.0 Å². The SMILES string of the molecule is COc1cc2c(cc1OC)C1(CCN(C(=O)c3c(C)oc4c3C(=O)CCC4)CC1)OCC2. The maximum atomic E-state index is 13.4. The minimum absolute atomic E-state index is 0.0190. The number of furan rings is 1. The fourth-order valence-electron chi connectivity index (χ4n) is 5.49. The van der Waals surface area contributed by atoms with Gasteiger partial charge in [-0.05, 0) is 55.9 Å². The Balaban J connectivity index is 1.41. The molecule has 5 rings (SSSR count). The first kappa shape index (κ1) is 21.1. The second-order valence-corrected chi connectivity index (χ2v) is 8.86. The summed E-state index contributed by atoms with van der Waals surface area (Å²) in [6.45, 7) is 3.53. The lowest BCUT2D eigenvalue weighted by Crippen LogP contribution is -2.48. The number of hydrogen-bond donors (Lipinski definition) is 0. The van der Waals surface area contributed by atoms with Gasteiger partial charge >= 0.3 is 0 Å². The summed E-state index contributed by atoms with van der Waals surface area (Å²) in [6, 6.07) is 4.07. The van der Waals surface area contributed by atoms with E-state index in [1.165, 1.54) is 5.56 Å². The van der Waals surface area contributed by atoms with Gasteiger partial charge in [0.15, 0.2) is 17.3 Å². The zero-order valence-corrected chi connectivity index (χ0v) is 18.9. The van der Waals surface area contributed by atoms with Gasteiger partial charge < -0.3 is 23.5 Å². The summed E-state index contributed by atoms with van der Waals surface area (Å²) >= 11 is 0. The number of hydrogen-bond acceptors (Lipinski definition) is 6. The Kier molecular flexibility index (Phi) is 5.24. The first-order valence-electron chi connectivity index (χ1n) is 11.3. The van der Waals surface area contributed by atoms with E-state index in [0.29, 0.717) is 73.8 Å². The minimum atomic E-state index is -0.440. The van der Waals surface area contributed by atoms with Crippen molar-refractivity contribution in [1.82, 2.24) is 4.90 Å². The number of aryl methyl sites for hydroxylation is 2. The number of ether oxygens (including phenoxy) is 3. The molecule has 1 saturated heterocycles. The summed E-state index contributed by atoms with van der Waals surface area (Å²) in [5.41, 5.74) is 2.86. The van der Waals surface area contributed by atoms with Gasteiger partial charge in [-0.3, -0.25) is 9.59 Å². The molecule has 2 aliphatic heterocycles. The molecule has 1 amide bonds. The lowest BCUT2D eigenvalue weighted by atomic mass is 9.79. The van der Waals surface area contributed by atoms with E-state index in [-0.39, 0.29) is 11.7 Å². The standard InChI is InChI=1S/C25H29NO6/c1-15-22(23-18(27)5-4-6-19(23)32-15)24(28)26-10-8-25(9-11-26)17-14-21(30-3)20(29-2)13-16(17)7-12-31-25/h13-14H,4-12H2,1-3H3. The zero-order chi connectivity index (χ0) is 22.5. The van der Waals surface area contributed by atoms with Gasteiger partial charge in [-0.15, -0.1) is 0 Å². The van der Waals surface area contributed by atoms with Crippen molar-refractivity contribution >= 4 is 11.7 Å². The average molecular weight is 440 g/mol. The third-order valence-corrected chi connectivity index (χ3v) is 7.17. The number of nitrogens with zero attached hydrogens (tertiary/aromatic N) is 1. The summed E-state index contributed by atoms with van der Waals surface area (Å²) in [7, 11) is 3.28. The number of carbonyl (C=O) groups is 2. The Morgan fingerprint density at radius 1 is 1.06 bits per heavy atom. The maximum absolute atomic E-state index is 13.4. The summed E-state index contributed by atoms with van der Waals surface area (Å²) in [5.74, 6) is 2.54. The van der Waals surface area contributed by atoms with Crippen LogP contribution in [0, 0.1) is 6.92 Å². The maximum Gasteiger partial charge on any atom is 0.258 e. The molecule has 1 aromatic carbocycles. The molecule has 1 aromatic heterocycles. The lowest BCUT2D eigenvalue weighted by molar-refractivity contribution is -0.0936. The Bertz CT molecular complexity index is 1080. The van der Waals surface area contributed by atoms with Crippen molar-refractivity contribution in [3.05, 3.63) is 45.9 Å². The van der Waals surface area contributed by atoms with Crippen molar-refractivity contribution in [2.24, 2.45) is 0 Å². The highest BCUT2D eigenvalue weighted by atomic mass is 16.5. The van der Waals surface area contributed by atoms with Crippen molar-refractivity contribution < 1.29 is 28.2 Å². The summed E-state index contributed by atoms with van der Waals surface area (Å²) in [5, 5.41) is 0. The van der Waals surface area contributed by atoms with Crippen LogP contribution in [-0.4, -0.2) is 50.5 Å². The fourth-order valence-corrected chi connectivity index (χ4v) is 5.49. The largest absolute Gasteiger partial charge is 0.493 e. The van der Waals surface area contributed by atoms with Crippen molar-refractivity contribution in [2.45, 2.75) is 51.0 Å². The molecule has 1 fully saturated rings. The van der Waals surface area contributed by atoms with Crippen LogP contribution < -0.4 is 9.47 Å². The van der Waals surface area contributed by atoms with E-state index in [2.05, 4.69) is 0 Å². The zero-order valence-electron chi connectivity index (χ0n) is 18.9. The number of benzene rings is 1. The Morgan fingerprint density at radius 2 is 1.78 bits per heavy atom. The summed E-state index contributed by atoms with van der Waals surface area (Å²) in [4.78, 5) is 27.8. The minimum Gasteiger partial charge on any atom is -0.493 e. The highest BCUT2D eigenvalue weighted by Gasteiger charge is 2.43. The molecule has 0 N–H and O–H groups in total. The third-order valence-electron chi connectivity index (χ3n) is 7.17. The molecule has 1 spiro atoms. The van der Waals surface area contributed by atoms with E-state index >= 15 is 0 Å². The predicted molar refractivity (Wildman–Crippen MR) is 117 cm³/mol. The van der Waals surface area contributed by atoms with E-state index in [9.17, 15) is 9.59 Å². The predicted octanol–water partition coefficient (Wildman–Crippen LogP) is 3.83. The number of Topliss-reactive ketones (excluding diaryl/α,β-unsaturated/α-hetero) is 1. The number of likely N-dealkylation sites (tertiary alicyclic amines) is 1. The highest BCUT2D eigenvalue weighted by Crippen LogP contribution is 2.45. The molecule has 7 heteroatoms. The topological polar surface area (TPSA) is 78.2 Å². The molecule has 1 aliphatic carbocycles.